The number of ether oxygens (including phenoxy) is 1. The van der Waals surface area contributed by atoms with Crippen LogP contribution in [0.25, 0.3) is 0 Å². The molecule has 1 saturated heterocycles. The zero-order chi connectivity index (χ0) is 26.6. The van der Waals surface area contributed by atoms with Gasteiger partial charge in [0.1, 0.15) is 11.5 Å². The molecular formula is C29H39N5O4. The molecule has 0 aliphatic carbocycles. The van der Waals surface area contributed by atoms with Crippen LogP contribution in [0, 0.1) is 5.41 Å². The highest BCUT2D eigenvalue weighted by atomic mass is 16.5. The number of piperidine rings is 1. The molecule has 0 radical (unpaired) electrons. The minimum Gasteiger partial charge on any atom is -0.374 e. The summed E-state index contributed by atoms with van der Waals surface area (Å²) >= 11 is 0. The van der Waals surface area contributed by atoms with E-state index >= 15 is 0 Å². The molecule has 0 aromatic heterocycles. The van der Waals surface area contributed by atoms with Gasteiger partial charge >= 0.3 is 0 Å². The first-order chi connectivity index (χ1) is 17.6. The lowest BCUT2D eigenvalue weighted by atomic mass is 9.73. The van der Waals surface area contributed by atoms with Gasteiger partial charge in [0.05, 0.1) is 24.5 Å². The van der Waals surface area contributed by atoms with Crippen LogP contribution < -0.4 is 11.1 Å². The Hall–Kier alpha value is -3.56. The summed E-state index contributed by atoms with van der Waals surface area (Å²) in [5, 5.41) is 8.67. The zero-order valence-corrected chi connectivity index (χ0v) is 21.6. The topological polar surface area (TPSA) is 117 Å². The van der Waals surface area contributed by atoms with E-state index in [2.05, 4.69) is 10.4 Å². The maximum Gasteiger partial charge on any atom is 0.256 e. The van der Waals surface area contributed by atoms with Gasteiger partial charge in [0, 0.05) is 26.6 Å². The Labute approximate surface area is 225 Å². The summed E-state index contributed by atoms with van der Waals surface area (Å²) in [6.45, 7) is 4.02. The van der Waals surface area contributed by atoms with Gasteiger partial charge in [0.2, 0.25) is 11.8 Å². The van der Waals surface area contributed by atoms with Crippen molar-refractivity contribution in [3.8, 4) is 0 Å². The van der Waals surface area contributed by atoms with Gasteiger partial charge < -0.3 is 20.7 Å². The Morgan fingerprint density at radius 2 is 1.71 bits per heavy atom. The molecule has 2 heterocycles. The number of nitrogens with one attached hydrogen (secondary N) is 1. The summed E-state index contributed by atoms with van der Waals surface area (Å²) in [7, 11) is 1.65. The van der Waals surface area contributed by atoms with Crippen molar-refractivity contribution in [3.63, 3.8) is 0 Å². The van der Waals surface area contributed by atoms with E-state index in [0.29, 0.717) is 26.0 Å². The fourth-order valence-corrected chi connectivity index (χ4v) is 4.82. The second-order valence-electron chi connectivity index (χ2n) is 10.4. The molecule has 2 aromatic rings. The third kappa shape index (κ3) is 6.28. The fourth-order valence-electron chi connectivity index (χ4n) is 4.82. The summed E-state index contributed by atoms with van der Waals surface area (Å²) in [5.74, 6) is -0.892. The number of benzene rings is 2. The maximum atomic E-state index is 13.8. The number of hydrogen-bond donors (Lipinski definition) is 2. The molecule has 0 spiro atoms. The first-order valence-corrected chi connectivity index (χ1v) is 12.5. The highest BCUT2D eigenvalue weighted by molar-refractivity contribution is 6.13. The van der Waals surface area contributed by atoms with Crippen molar-refractivity contribution in [3.05, 3.63) is 71.8 Å². The molecule has 0 unspecified atom stereocenters. The van der Waals surface area contributed by atoms with E-state index < -0.39 is 22.9 Å². The molecular weight excluding hydrogens is 482 g/mol. The molecule has 9 nitrogen and oxygen atoms in total. The number of nitrogens with two attached hydrogens (primary N) is 1. The molecule has 38 heavy (non-hydrogen) atoms. The number of carbonyl (C=O) groups excluding carboxylic acids is 3. The van der Waals surface area contributed by atoms with Gasteiger partial charge in [-0.1, -0.05) is 68.1 Å². The van der Waals surface area contributed by atoms with Crippen LogP contribution in [0.1, 0.15) is 38.8 Å². The normalized spacial score (nSPS) is 19.8. The summed E-state index contributed by atoms with van der Waals surface area (Å²) in [6.07, 6.45) is 0.916. The van der Waals surface area contributed by atoms with Gasteiger partial charge in [0.25, 0.3) is 5.91 Å². The molecule has 1 fully saturated rings. The average molecular weight is 522 g/mol. The molecule has 0 bridgehead atoms. The van der Waals surface area contributed by atoms with Crippen LogP contribution in [0.3, 0.4) is 0 Å². The minimum absolute atomic E-state index is 0. The maximum absolute atomic E-state index is 13.8. The Morgan fingerprint density at radius 3 is 2.32 bits per heavy atom. The predicted octanol–water partition coefficient (Wildman–Crippen LogP) is 2.35. The molecule has 2 atom stereocenters. The van der Waals surface area contributed by atoms with Gasteiger partial charge in [-0.15, -0.1) is 0 Å². The lowest BCUT2D eigenvalue weighted by Gasteiger charge is -2.40. The Balaban J connectivity index is 0.00000400. The van der Waals surface area contributed by atoms with Crippen molar-refractivity contribution < 1.29 is 19.1 Å². The number of fused-ring (bicyclic) bond motifs is 1. The number of hydrogen-bond acceptors (Lipinski definition) is 6. The van der Waals surface area contributed by atoms with Gasteiger partial charge in [-0.05, 0) is 31.4 Å². The van der Waals surface area contributed by atoms with Gasteiger partial charge in [-0.25, -0.2) is 5.01 Å². The van der Waals surface area contributed by atoms with Crippen LogP contribution in [0.5, 0.6) is 0 Å². The minimum atomic E-state index is -1.17. The van der Waals surface area contributed by atoms with E-state index in [4.69, 9.17) is 10.5 Å². The van der Waals surface area contributed by atoms with Crippen molar-refractivity contribution in [2.75, 3.05) is 26.7 Å². The molecule has 3 N–H and O–H groups in total. The molecule has 4 rings (SSSR count). The third-order valence-corrected chi connectivity index (χ3v) is 6.85. The Morgan fingerprint density at radius 1 is 1.11 bits per heavy atom. The SMILES string of the molecule is C.CN1N=C2CCN(C(=O)[C@@H](COCc3ccccc3)NC(=O)C(C)(C)N)C[C@@]2(Cc2ccccc2)C1=O. The van der Waals surface area contributed by atoms with E-state index in [0.717, 1.165) is 16.8 Å². The Kier molecular flexibility index (Phi) is 9.06. The number of likely N-dealkylation sites (tertiary alicyclic amines) is 1. The lowest BCUT2D eigenvalue weighted by molar-refractivity contribution is -0.143. The molecule has 9 heteroatoms. The third-order valence-electron chi connectivity index (χ3n) is 6.85. The molecule has 2 aliphatic rings. The lowest BCUT2D eigenvalue weighted by Crippen LogP contribution is -2.61. The van der Waals surface area contributed by atoms with Gasteiger partial charge in [-0.2, -0.15) is 5.10 Å². The Bertz CT molecular complexity index is 1160. The van der Waals surface area contributed by atoms with Crippen LogP contribution in [0.2, 0.25) is 0 Å². The number of carbonyl (C=O) groups is 3. The number of hydrazone groups is 1. The quantitative estimate of drug-likeness (QED) is 0.525. The van der Waals surface area contributed by atoms with Crippen LogP contribution in [-0.2, 0) is 32.1 Å². The van der Waals surface area contributed by atoms with E-state index in [1.807, 2.05) is 60.7 Å². The largest absolute Gasteiger partial charge is 0.374 e. The van der Waals surface area contributed by atoms with E-state index in [1.54, 1.807) is 25.8 Å². The second kappa shape index (κ2) is 11.9. The number of rotatable bonds is 9. The van der Waals surface area contributed by atoms with E-state index in [-0.39, 0.29) is 32.4 Å². The summed E-state index contributed by atoms with van der Waals surface area (Å²) < 4.78 is 5.85. The molecule has 204 valence electrons. The second-order valence-corrected chi connectivity index (χ2v) is 10.4. The van der Waals surface area contributed by atoms with E-state index in [1.165, 1.54) is 5.01 Å². The van der Waals surface area contributed by atoms with Crippen LogP contribution >= 0.6 is 0 Å². The summed E-state index contributed by atoms with van der Waals surface area (Å²) in [4.78, 5) is 41.6. The summed E-state index contributed by atoms with van der Waals surface area (Å²) in [5.41, 5.74) is 6.63. The monoisotopic (exact) mass is 521 g/mol. The number of nitrogens with zero attached hydrogens (tertiary/aromatic N) is 3. The smallest absolute Gasteiger partial charge is 0.256 e. The zero-order valence-electron chi connectivity index (χ0n) is 21.6. The van der Waals surface area contributed by atoms with Crippen molar-refractivity contribution in [1.29, 1.82) is 0 Å². The molecule has 2 aliphatic heterocycles. The molecule has 0 saturated carbocycles. The van der Waals surface area contributed by atoms with Crippen LogP contribution in [0.15, 0.2) is 65.8 Å². The van der Waals surface area contributed by atoms with Crippen LogP contribution in [0.4, 0.5) is 0 Å². The van der Waals surface area contributed by atoms with Gasteiger partial charge in [0.15, 0.2) is 0 Å². The van der Waals surface area contributed by atoms with Gasteiger partial charge in [-0.3, -0.25) is 14.4 Å². The highest BCUT2D eigenvalue weighted by Gasteiger charge is 2.54. The standard InChI is InChI=1S/C28H35N5O4.CH4/c1-27(2,29)25(35)30-22(18-37-17-21-12-8-5-9-13-21)24(34)33-15-14-23-28(19-33,26(36)32(3)31-23)16-20-10-6-4-7-11-20;/h4-13,22H,14-19,29H2,1-3H3,(H,30,35);1H4/t22-,28-;/m1./s1. The molecule has 3 amide bonds. The van der Waals surface area contributed by atoms with Crippen molar-refractivity contribution in [1.82, 2.24) is 15.2 Å². The van der Waals surface area contributed by atoms with Crippen molar-refractivity contribution in [2.24, 2.45) is 16.3 Å². The summed E-state index contributed by atoms with van der Waals surface area (Å²) in [6, 6.07) is 18.4. The average Bonchev–Trinajstić information content (AvgIpc) is 3.12. The van der Waals surface area contributed by atoms with Crippen LogP contribution in [-0.4, -0.2) is 71.7 Å². The van der Waals surface area contributed by atoms with Crippen molar-refractivity contribution >= 4 is 23.4 Å². The first-order valence-electron chi connectivity index (χ1n) is 12.5. The molecule has 2 aromatic carbocycles. The van der Waals surface area contributed by atoms with E-state index in [9.17, 15) is 14.4 Å². The first kappa shape index (κ1) is 29.0. The van der Waals surface area contributed by atoms with Crippen molar-refractivity contribution in [2.45, 2.75) is 52.3 Å². The number of amides is 3. The highest BCUT2D eigenvalue weighted by Crippen LogP contribution is 2.38. The predicted molar refractivity (Wildman–Crippen MR) is 147 cm³/mol. The fraction of sp³-hybridized carbons (Fsp3) is 0.448.